The summed E-state index contributed by atoms with van der Waals surface area (Å²) in [5, 5.41) is 3.01. The predicted octanol–water partition coefficient (Wildman–Crippen LogP) is 3.12. The van der Waals surface area contributed by atoms with Crippen molar-refractivity contribution in [2.45, 2.75) is 69.7 Å². The van der Waals surface area contributed by atoms with Gasteiger partial charge in [0.15, 0.2) is 0 Å². The van der Waals surface area contributed by atoms with Crippen molar-refractivity contribution in [2.75, 3.05) is 12.3 Å². The van der Waals surface area contributed by atoms with Crippen LogP contribution in [0.3, 0.4) is 0 Å². The number of nitrogens with zero attached hydrogens (tertiary/aromatic N) is 1. The molecule has 21 heavy (non-hydrogen) atoms. The molecule has 0 atom stereocenters. The van der Waals surface area contributed by atoms with Gasteiger partial charge >= 0.3 is 6.03 Å². The maximum absolute atomic E-state index is 12.8. The van der Waals surface area contributed by atoms with Gasteiger partial charge in [-0.2, -0.15) is 12.6 Å². The quantitative estimate of drug-likeness (QED) is 0.621. The Morgan fingerprint density at radius 3 is 2.10 bits per heavy atom. The van der Waals surface area contributed by atoms with Crippen LogP contribution in [0.1, 0.15) is 64.2 Å². The van der Waals surface area contributed by atoms with Crippen LogP contribution in [0.25, 0.3) is 0 Å². The molecule has 1 heterocycles. The monoisotopic (exact) mass is 310 g/mol. The molecule has 0 radical (unpaired) electrons. The largest absolute Gasteiger partial charge is 0.325 e. The van der Waals surface area contributed by atoms with Crippen LogP contribution in [0.5, 0.6) is 0 Å². The van der Waals surface area contributed by atoms with Gasteiger partial charge in [0.2, 0.25) is 0 Å². The van der Waals surface area contributed by atoms with Gasteiger partial charge in [-0.1, -0.05) is 38.5 Å². The topological polar surface area (TPSA) is 49.4 Å². The maximum atomic E-state index is 12.8. The molecule has 3 amide bonds. The fourth-order valence-electron chi connectivity index (χ4n) is 4.32. The average Bonchev–Trinajstić information content (AvgIpc) is 2.73. The zero-order valence-corrected chi connectivity index (χ0v) is 13.6. The van der Waals surface area contributed by atoms with E-state index in [1.807, 2.05) is 0 Å². The van der Waals surface area contributed by atoms with Crippen molar-refractivity contribution >= 4 is 24.6 Å². The second-order valence-corrected chi connectivity index (χ2v) is 7.50. The molecule has 0 aromatic heterocycles. The Balaban J connectivity index is 1.75. The highest BCUT2D eigenvalue weighted by molar-refractivity contribution is 7.80. The Labute approximate surface area is 132 Å². The Hall–Kier alpha value is -0.710. The van der Waals surface area contributed by atoms with E-state index < -0.39 is 5.54 Å². The van der Waals surface area contributed by atoms with Crippen molar-refractivity contribution in [1.29, 1.82) is 0 Å². The van der Waals surface area contributed by atoms with Crippen molar-refractivity contribution in [3.8, 4) is 0 Å². The van der Waals surface area contributed by atoms with Crippen LogP contribution in [0.15, 0.2) is 0 Å². The van der Waals surface area contributed by atoms with Crippen LogP contribution in [0.2, 0.25) is 0 Å². The van der Waals surface area contributed by atoms with E-state index in [-0.39, 0.29) is 17.4 Å². The SMILES string of the molecule is O=C1NC2(CCCCC2)C(=O)N1CC1(CS)CCCCC1. The fourth-order valence-corrected chi connectivity index (χ4v) is 4.73. The number of nitrogens with one attached hydrogen (secondary N) is 1. The molecule has 0 bridgehead atoms. The second kappa shape index (κ2) is 5.82. The minimum absolute atomic E-state index is 0.0268. The summed E-state index contributed by atoms with van der Waals surface area (Å²) in [6.07, 6.45) is 10.7. The summed E-state index contributed by atoms with van der Waals surface area (Å²) in [7, 11) is 0. The molecule has 2 aliphatic carbocycles. The van der Waals surface area contributed by atoms with Gasteiger partial charge in [-0.3, -0.25) is 9.69 Å². The Bertz CT molecular complexity index is 426. The summed E-state index contributed by atoms with van der Waals surface area (Å²) in [4.78, 5) is 26.7. The van der Waals surface area contributed by atoms with Crippen LogP contribution in [-0.4, -0.2) is 34.7 Å². The molecule has 118 valence electrons. The first-order valence-electron chi connectivity index (χ1n) is 8.36. The first kappa shape index (κ1) is 15.2. The molecular formula is C16H26N2O2S. The lowest BCUT2D eigenvalue weighted by Crippen LogP contribution is -2.49. The molecule has 5 heteroatoms. The maximum Gasteiger partial charge on any atom is 0.325 e. The van der Waals surface area contributed by atoms with Crippen molar-refractivity contribution < 1.29 is 9.59 Å². The summed E-state index contributed by atoms with van der Waals surface area (Å²) in [6, 6.07) is -0.173. The van der Waals surface area contributed by atoms with E-state index in [1.54, 1.807) is 0 Å². The summed E-state index contributed by atoms with van der Waals surface area (Å²) < 4.78 is 0. The van der Waals surface area contributed by atoms with Crippen LogP contribution in [0, 0.1) is 5.41 Å². The van der Waals surface area contributed by atoms with E-state index in [1.165, 1.54) is 30.6 Å². The lowest BCUT2D eigenvalue weighted by molar-refractivity contribution is -0.133. The highest BCUT2D eigenvalue weighted by atomic mass is 32.1. The smallest absolute Gasteiger partial charge is 0.323 e. The Morgan fingerprint density at radius 1 is 0.952 bits per heavy atom. The number of thiol groups is 1. The van der Waals surface area contributed by atoms with Crippen LogP contribution < -0.4 is 5.32 Å². The van der Waals surface area contributed by atoms with E-state index in [4.69, 9.17) is 0 Å². The highest BCUT2D eigenvalue weighted by Crippen LogP contribution is 2.40. The third-order valence-electron chi connectivity index (χ3n) is 5.70. The number of hydrogen-bond acceptors (Lipinski definition) is 3. The van der Waals surface area contributed by atoms with Gasteiger partial charge in [0.25, 0.3) is 5.91 Å². The van der Waals surface area contributed by atoms with Crippen molar-refractivity contribution in [2.24, 2.45) is 5.41 Å². The molecule has 2 saturated carbocycles. The third-order valence-corrected chi connectivity index (χ3v) is 6.37. The molecule has 1 aliphatic heterocycles. The van der Waals surface area contributed by atoms with E-state index in [0.717, 1.165) is 44.3 Å². The summed E-state index contributed by atoms with van der Waals surface area (Å²) in [5.41, 5.74) is -0.545. The van der Waals surface area contributed by atoms with Crippen LogP contribution in [-0.2, 0) is 4.79 Å². The standard InChI is InChI=1S/C16H26N2O2S/c19-13-16(9-5-2-6-10-16)17-14(20)18(13)11-15(12-21)7-3-1-4-8-15/h21H,1-12H2,(H,17,20). The van der Waals surface area contributed by atoms with E-state index >= 15 is 0 Å². The van der Waals surface area contributed by atoms with E-state index in [9.17, 15) is 9.59 Å². The number of urea groups is 1. The summed E-state index contributed by atoms with van der Waals surface area (Å²) >= 11 is 4.53. The van der Waals surface area contributed by atoms with Crippen molar-refractivity contribution in [1.82, 2.24) is 10.2 Å². The molecular weight excluding hydrogens is 284 g/mol. The number of carbonyl (C=O) groups is 2. The van der Waals surface area contributed by atoms with Gasteiger partial charge in [0.1, 0.15) is 5.54 Å². The first-order chi connectivity index (χ1) is 10.1. The lowest BCUT2D eigenvalue weighted by Gasteiger charge is -2.38. The van der Waals surface area contributed by atoms with Gasteiger partial charge in [-0.25, -0.2) is 4.79 Å². The first-order valence-corrected chi connectivity index (χ1v) is 8.99. The van der Waals surface area contributed by atoms with Gasteiger partial charge in [0.05, 0.1) is 0 Å². The minimum Gasteiger partial charge on any atom is -0.323 e. The number of imide groups is 1. The molecule has 3 rings (SSSR count). The molecule has 0 unspecified atom stereocenters. The lowest BCUT2D eigenvalue weighted by atomic mass is 9.75. The van der Waals surface area contributed by atoms with Crippen molar-refractivity contribution in [3.05, 3.63) is 0 Å². The van der Waals surface area contributed by atoms with Gasteiger partial charge in [0, 0.05) is 6.54 Å². The summed E-state index contributed by atoms with van der Waals surface area (Å²) in [6.45, 7) is 0.558. The molecule has 4 nitrogen and oxygen atoms in total. The van der Waals surface area contributed by atoms with Gasteiger partial charge < -0.3 is 5.32 Å². The van der Waals surface area contributed by atoms with Crippen LogP contribution >= 0.6 is 12.6 Å². The van der Waals surface area contributed by atoms with Crippen LogP contribution in [0.4, 0.5) is 4.79 Å². The zero-order chi connectivity index (χ0) is 14.9. The predicted molar refractivity (Wildman–Crippen MR) is 85.4 cm³/mol. The number of rotatable bonds is 3. The zero-order valence-electron chi connectivity index (χ0n) is 12.7. The molecule has 0 aromatic rings. The molecule has 1 saturated heterocycles. The average molecular weight is 310 g/mol. The van der Waals surface area contributed by atoms with E-state index in [2.05, 4.69) is 17.9 Å². The molecule has 1 spiro atoms. The fraction of sp³-hybridized carbons (Fsp3) is 0.875. The Morgan fingerprint density at radius 2 is 1.52 bits per heavy atom. The second-order valence-electron chi connectivity index (χ2n) is 7.18. The highest BCUT2D eigenvalue weighted by Gasteiger charge is 2.52. The molecule has 3 fully saturated rings. The molecule has 3 aliphatic rings. The Kier molecular flexibility index (Phi) is 4.21. The summed E-state index contributed by atoms with van der Waals surface area (Å²) in [5.74, 6) is 0.788. The van der Waals surface area contributed by atoms with Crippen molar-refractivity contribution in [3.63, 3.8) is 0 Å². The number of hydrogen-bond donors (Lipinski definition) is 2. The van der Waals surface area contributed by atoms with E-state index in [0.29, 0.717) is 6.54 Å². The third kappa shape index (κ3) is 2.69. The van der Waals surface area contributed by atoms with Gasteiger partial charge in [-0.15, -0.1) is 0 Å². The minimum atomic E-state index is -0.582. The number of amides is 3. The number of carbonyl (C=O) groups excluding carboxylic acids is 2. The molecule has 1 N–H and O–H groups in total. The normalized spacial score (nSPS) is 28.0. The molecule has 0 aromatic carbocycles. The van der Waals surface area contributed by atoms with Gasteiger partial charge in [-0.05, 0) is 36.9 Å².